The molecule has 0 spiro atoms. The molecule has 0 aliphatic heterocycles. The van der Waals surface area contributed by atoms with Crippen molar-refractivity contribution in [2.45, 2.75) is 31.8 Å². The van der Waals surface area contributed by atoms with Gasteiger partial charge in [0, 0.05) is 37.5 Å². The van der Waals surface area contributed by atoms with Crippen LogP contribution in [0.4, 0.5) is 5.69 Å². The van der Waals surface area contributed by atoms with Gasteiger partial charge in [-0.15, -0.1) is 0 Å². The second-order valence-electron chi connectivity index (χ2n) is 9.23. The van der Waals surface area contributed by atoms with Crippen LogP contribution in [0.5, 0.6) is 5.75 Å². The van der Waals surface area contributed by atoms with Gasteiger partial charge in [0.15, 0.2) is 0 Å². The highest BCUT2D eigenvalue weighted by atomic mass is 79.9. The van der Waals surface area contributed by atoms with E-state index in [1.54, 1.807) is 24.1 Å². The number of anilines is 1. The average Bonchev–Trinajstić information content (AvgIpc) is 2.93. The van der Waals surface area contributed by atoms with E-state index >= 15 is 0 Å². The Morgan fingerprint density at radius 3 is 2.27 bits per heavy atom. The van der Waals surface area contributed by atoms with Crippen molar-refractivity contribution in [2.24, 2.45) is 0 Å². The molecule has 0 saturated heterocycles. The molecule has 0 aromatic heterocycles. The SMILES string of the molecule is CNC(=O)[C@@H](Cc1ccccc1)N(Cc1ccc(Br)cc1)C(=O)CCCN(c1ccc(OC)c(Cl)c1)S(C)(=O)=O. The number of hydrogen-bond donors (Lipinski definition) is 1. The van der Waals surface area contributed by atoms with E-state index in [1.807, 2.05) is 54.6 Å². The van der Waals surface area contributed by atoms with Gasteiger partial charge in [-0.1, -0.05) is 70.0 Å². The van der Waals surface area contributed by atoms with Gasteiger partial charge in [-0.05, 0) is 47.9 Å². The smallest absolute Gasteiger partial charge is 0.242 e. The lowest BCUT2D eigenvalue weighted by atomic mass is 10.0. The van der Waals surface area contributed by atoms with Crippen molar-refractivity contribution in [3.63, 3.8) is 0 Å². The van der Waals surface area contributed by atoms with Crippen molar-refractivity contribution in [1.29, 1.82) is 0 Å². The first kappa shape index (κ1) is 31.4. The fourth-order valence-corrected chi connectivity index (χ4v) is 5.79. The third kappa shape index (κ3) is 8.71. The summed E-state index contributed by atoms with van der Waals surface area (Å²) in [7, 11) is -0.634. The lowest BCUT2D eigenvalue weighted by molar-refractivity contribution is -0.141. The molecule has 2 amide bonds. The molecule has 1 N–H and O–H groups in total. The van der Waals surface area contributed by atoms with Gasteiger partial charge in [0.2, 0.25) is 21.8 Å². The first-order valence-electron chi connectivity index (χ1n) is 12.6. The molecule has 1 atom stereocenters. The third-order valence-electron chi connectivity index (χ3n) is 6.36. The molecule has 8 nitrogen and oxygen atoms in total. The maximum absolute atomic E-state index is 13.7. The molecule has 0 aliphatic rings. The predicted molar refractivity (Wildman–Crippen MR) is 162 cm³/mol. The number of carbonyl (C=O) groups excluding carboxylic acids is 2. The summed E-state index contributed by atoms with van der Waals surface area (Å²) in [5, 5.41) is 2.97. The van der Waals surface area contributed by atoms with Gasteiger partial charge in [-0.2, -0.15) is 0 Å². The molecular weight excluding hydrogens is 618 g/mol. The largest absolute Gasteiger partial charge is 0.495 e. The van der Waals surface area contributed by atoms with Gasteiger partial charge >= 0.3 is 0 Å². The lowest BCUT2D eigenvalue weighted by Crippen LogP contribution is -2.49. The number of rotatable bonds is 13. The minimum absolute atomic E-state index is 0.0364. The molecule has 0 radical (unpaired) electrons. The number of ether oxygens (including phenoxy) is 1. The number of hydrogen-bond acceptors (Lipinski definition) is 5. The normalized spacial score (nSPS) is 11.9. The lowest BCUT2D eigenvalue weighted by Gasteiger charge is -2.31. The molecule has 0 heterocycles. The molecule has 3 aromatic carbocycles. The van der Waals surface area contributed by atoms with E-state index in [0.717, 1.165) is 21.9 Å². The van der Waals surface area contributed by atoms with Crippen LogP contribution in [0.3, 0.4) is 0 Å². The second kappa shape index (κ2) is 14.5. The summed E-state index contributed by atoms with van der Waals surface area (Å²) in [6.07, 6.45) is 1.71. The van der Waals surface area contributed by atoms with E-state index in [1.165, 1.54) is 17.5 Å². The van der Waals surface area contributed by atoms with E-state index in [0.29, 0.717) is 17.9 Å². The van der Waals surface area contributed by atoms with Gasteiger partial charge in [0.25, 0.3) is 0 Å². The highest BCUT2D eigenvalue weighted by molar-refractivity contribution is 9.10. The molecule has 0 aliphatic carbocycles. The minimum atomic E-state index is -3.66. The third-order valence-corrected chi connectivity index (χ3v) is 8.38. The Hall–Kier alpha value is -3.08. The van der Waals surface area contributed by atoms with E-state index in [9.17, 15) is 18.0 Å². The summed E-state index contributed by atoms with van der Waals surface area (Å²) >= 11 is 9.66. The molecule has 0 bridgehead atoms. The molecule has 214 valence electrons. The van der Waals surface area contributed by atoms with Crippen LogP contribution >= 0.6 is 27.5 Å². The molecular formula is C29H33BrClN3O5S. The second-order valence-corrected chi connectivity index (χ2v) is 12.5. The van der Waals surface area contributed by atoms with Crippen molar-refractivity contribution in [1.82, 2.24) is 10.2 Å². The molecule has 40 heavy (non-hydrogen) atoms. The van der Waals surface area contributed by atoms with E-state index in [-0.39, 0.29) is 42.8 Å². The van der Waals surface area contributed by atoms with Crippen LogP contribution in [-0.2, 0) is 32.6 Å². The van der Waals surface area contributed by atoms with Crippen LogP contribution in [0, 0.1) is 0 Å². The number of sulfonamides is 1. The zero-order valence-corrected chi connectivity index (χ0v) is 25.8. The van der Waals surface area contributed by atoms with E-state index < -0.39 is 16.1 Å². The van der Waals surface area contributed by atoms with Crippen molar-refractivity contribution < 1.29 is 22.7 Å². The Balaban J connectivity index is 1.84. The number of likely N-dealkylation sites (N-methyl/N-ethyl adjacent to an activating group) is 1. The summed E-state index contributed by atoms with van der Waals surface area (Å²) in [5.74, 6) is -0.107. The van der Waals surface area contributed by atoms with Crippen LogP contribution in [0.2, 0.25) is 5.02 Å². The van der Waals surface area contributed by atoms with Gasteiger partial charge in [-0.3, -0.25) is 13.9 Å². The first-order chi connectivity index (χ1) is 19.0. The molecule has 0 saturated carbocycles. The number of amides is 2. The predicted octanol–water partition coefficient (Wildman–Crippen LogP) is 5.04. The highest BCUT2D eigenvalue weighted by Gasteiger charge is 2.30. The zero-order valence-electron chi connectivity index (χ0n) is 22.6. The number of carbonyl (C=O) groups is 2. The standard InChI is InChI=1S/C29H33BrClN3O5S/c1-32-29(36)26(18-21-8-5-4-6-9-21)33(20-22-11-13-23(30)14-12-22)28(35)10-7-17-34(40(3,37)38)24-15-16-27(39-2)25(31)19-24/h4-6,8-9,11-16,19,26H,7,10,17-18,20H2,1-3H3,(H,32,36)/t26-/m1/s1. The summed E-state index contributed by atoms with van der Waals surface area (Å²) in [4.78, 5) is 28.3. The van der Waals surface area contributed by atoms with Gasteiger partial charge in [-0.25, -0.2) is 8.42 Å². The quantitative estimate of drug-likeness (QED) is 0.280. The van der Waals surface area contributed by atoms with Crippen LogP contribution in [-0.4, -0.2) is 58.1 Å². The Labute approximate surface area is 249 Å². The topological polar surface area (TPSA) is 96.0 Å². The zero-order chi connectivity index (χ0) is 29.3. The number of nitrogens with one attached hydrogen (secondary N) is 1. The summed E-state index contributed by atoms with van der Waals surface area (Å²) in [6.45, 7) is 0.281. The van der Waals surface area contributed by atoms with Crippen molar-refractivity contribution in [3.05, 3.63) is 93.4 Å². The molecule has 11 heteroatoms. The Kier molecular flexibility index (Phi) is 11.4. The number of benzene rings is 3. The van der Waals surface area contributed by atoms with Crippen molar-refractivity contribution >= 4 is 55.1 Å². The Morgan fingerprint density at radius 1 is 1.02 bits per heavy atom. The van der Waals surface area contributed by atoms with Crippen molar-refractivity contribution in [2.75, 3.05) is 31.3 Å². The van der Waals surface area contributed by atoms with Crippen LogP contribution in [0.15, 0.2) is 77.3 Å². The fourth-order valence-electron chi connectivity index (χ4n) is 4.32. The summed E-state index contributed by atoms with van der Waals surface area (Å²) in [6, 6.07) is 21.0. The summed E-state index contributed by atoms with van der Waals surface area (Å²) in [5.41, 5.74) is 2.16. The van der Waals surface area contributed by atoms with Gasteiger partial charge in [0.05, 0.1) is 24.1 Å². The van der Waals surface area contributed by atoms with Gasteiger partial charge < -0.3 is 15.0 Å². The Morgan fingerprint density at radius 2 is 1.70 bits per heavy atom. The number of nitrogens with zero attached hydrogens (tertiary/aromatic N) is 2. The van der Waals surface area contributed by atoms with E-state index in [2.05, 4.69) is 21.2 Å². The monoisotopic (exact) mass is 649 g/mol. The molecule has 0 fully saturated rings. The Bertz CT molecular complexity index is 1400. The molecule has 3 rings (SSSR count). The van der Waals surface area contributed by atoms with Crippen LogP contribution in [0.25, 0.3) is 0 Å². The average molecular weight is 651 g/mol. The number of methoxy groups -OCH3 is 1. The van der Waals surface area contributed by atoms with Crippen molar-refractivity contribution in [3.8, 4) is 5.75 Å². The molecule has 0 unspecified atom stereocenters. The van der Waals surface area contributed by atoms with Gasteiger partial charge in [0.1, 0.15) is 11.8 Å². The summed E-state index contributed by atoms with van der Waals surface area (Å²) < 4.78 is 32.5. The maximum atomic E-state index is 13.7. The highest BCUT2D eigenvalue weighted by Crippen LogP contribution is 2.30. The molecule has 3 aromatic rings. The minimum Gasteiger partial charge on any atom is -0.495 e. The van der Waals surface area contributed by atoms with Crippen LogP contribution < -0.4 is 14.4 Å². The fraction of sp³-hybridized carbons (Fsp3) is 0.310. The van der Waals surface area contributed by atoms with Crippen LogP contribution in [0.1, 0.15) is 24.0 Å². The van der Waals surface area contributed by atoms with E-state index in [4.69, 9.17) is 16.3 Å². The maximum Gasteiger partial charge on any atom is 0.242 e. The number of halogens is 2. The first-order valence-corrected chi connectivity index (χ1v) is 15.7.